The van der Waals surface area contributed by atoms with Crippen LogP contribution in [-0.2, 0) is 27.3 Å². The second-order valence-corrected chi connectivity index (χ2v) is 11.7. The van der Waals surface area contributed by atoms with Gasteiger partial charge in [0.05, 0.1) is 6.04 Å². The lowest BCUT2D eigenvalue weighted by Gasteiger charge is -2.38. The Hall–Kier alpha value is -2.98. The van der Waals surface area contributed by atoms with E-state index in [-0.39, 0.29) is 24.3 Å². The number of nitrogens with zero attached hydrogens (tertiary/aromatic N) is 3. The number of piperazine rings is 1. The number of nitrogens with two attached hydrogens (primary N) is 1. The van der Waals surface area contributed by atoms with Crippen molar-refractivity contribution >= 4 is 35.0 Å². The number of carbonyl (C=O) groups is 3. The van der Waals surface area contributed by atoms with Crippen LogP contribution in [0.1, 0.15) is 42.9 Å². The number of nitrogens with one attached hydrogen (secondary N) is 2. The predicted molar refractivity (Wildman–Crippen MR) is 163 cm³/mol. The number of rotatable bonds is 10. The van der Waals surface area contributed by atoms with Gasteiger partial charge in [0.15, 0.2) is 0 Å². The fourth-order valence-electron chi connectivity index (χ4n) is 5.59. The van der Waals surface area contributed by atoms with Crippen LogP contribution in [0.4, 0.5) is 5.69 Å². The molecule has 3 atom stereocenters. The van der Waals surface area contributed by atoms with Crippen molar-refractivity contribution in [3.05, 3.63) is 64.2 Å². The van der Waals surface area contributed by atoms with Crippen LogP contribution in [0.15, 0.2) is 42.5 Å². The number of hydrogen-bond donors (Lipinski definition) is 3. The molecular weight excluding hydrogens is 540 g/mol. The Morgan fingerprint density at radius 3 is 2.59 bits per heavy atom. The van der Waals surface area contributed by atoms with Gasteiger partial charge < -0.3 is 26.2 Å². The highest BCUT2D eigenvalue weighted by molar-refractivity contribution is 6.31. The zero-order valence-corrected chi connectivity index (χ0v) is 25.1. The molecule has 4 N–H and O–H groups in total. The van der Waals surface area contributed by atoms with Crippen LogP contribution in [0.2, 0.25) is 5.02 Å². The van der Waals surface area contributed by atoms with E-state index >= 15 is 0 Å². The molecule has 2 aliphatic heterocycles. The highest BCUT2D eigenvalue weighted by Crippen LogP contribution is 2.25. The first kappa shape index (κ1) is 31.0. The first-order chi connectivity index (χ1) is 19.7. The Morgan fingerprint density at radius 2 is 1.88 bits per heavy atom. The number of halogens is 1. The summed E-state index contributed by atoms with van der Waals surface area (Å²) in [5, 5.41) is 6.48. The molecule has 0 bridgehead atoms. The molecule has 0 saturated carbocycles. The van der Waals surface area contributed by atoms with Crippen molar-refractivity contribution in [1.82, 2.24) is 20.0 Å². The summed E-state index contributed by atoms with van der Waals surface area (Å²) in [5.41, 5.74) is 9.60. The summed E-state index contributed by atoms with van der Waals surface area (Å²) < 4.78 is 0. The maximum absolute atomic E-state index is 13.7. The molecule has 0 aromatic heterocycles. The molecule has 0 aliphatic carbocycles. The van der Waals surface area contributed by atoms with Gasteiger partial charge in [0.1, 0.15) is 6.04 Å². The number of aryl methyl sites for hydroxylation is 1. The van der Waals surface area contributed by atoms with E-state index in [1.165, 1.54) is 5.56 Å². The summed E-state index contributed by atoms with van der Waals surface area (Å²) in [6.45, 7) is 7.87. The molecule has 10 heteroatoms. The Balaban J connectivity index is 1.41. The van der Waals surface area contributed by atoms with E-state index in [2.05, 4.69) is 46.5 Å². The minimum Gasteiger partial charge on any atom is -0.343 e. The number of likely N-dealkylation sites (N-methyl/N-ethyl adjacent to an activating group) is 1. The average Bonchev–Trinajstić information content (AvgIpc) is 2.95. The number of hydrogen-bond acceptors (Lipinski definition) is 6. The van der Waals surface area contributed by atoms with Crippen molar-refractivity contribution in [2.45, 2.75) is 64.2 Å². The quantitative estimate of drug-likeness (QED) is 0.397. The van der Waals surface area contributed by atoms with Crippen LogP contribution in [-0.4, -0.2) is 90.3 Å². The van der Waals surface area contributed by atoms with Crippen LogP contribution in [0, 0.1) is 6.92 Å². The average molecular weight is 583 g/mol. The van der Waals surface area contributed by atoms with E-state index in [0.29, 0.717) is 55.5 Å². The maximum Gasteiger partial charge on any atom is 0.246 e. The van der Waals surface area contributed by atoms with E-state index in [4.69, 9.17) is 17.3 Å². The molecule has 41 heavy (non-hydrogen) atoms. The second kappa shape index (κ2) is 14.3. The fraction of sp³-hybridized carbons (Fsp3) is 0.516. The monoisotopic (exact) mass is 582 g/mol. The molecule has 3 amide bonds. The van der Waals surface area contributed by atoms with Crippen LogP contribution in [0.5, 0.6) is 0 Å². The molecule has 0 radical (unpaired) electrons. The highest BCUT2D eigenvalue weighted by Gasteiger charge is 2.34. The normalized spacial score (nSPS) is 20.3. The van der Waals surface area contributed by atoms with E-state index < -0.39 is 12.1 Å². The molecular formula is C31H43ClN6O3. The zero-order chi connectivity index (χ0) is 29.5. The molecule has 222 valence electrons. The fourth-order valence-corrected chi connectivity index (χ4v) is 5.71. The third-order valence-electron chi connectivity index (χ3n) is 8.31. The topological polar surface area (TPSA) is 111 Å². The van der Waals surface area contributed by atoms with Crippen molar-refractivity contribution in [2.24, 2.45) is 5.73 Å². The van der Waals surface area contributed by atoms with E-state index in [9.17, 15) is 14.4 Å². The Kier molecular flexibility index (Phi) is 10.8. The lowest BCUT2D eigenvalue weighted by Crippen LogP contribution is -2.55. The summed E-state index contributed by atoms with van der Waals surface area (Å²) in [4.78, 5) is 46.2. The standard InChI is InChI=1S/C31H43ClN6O3/c1-21-17-25(10-11-26(21)32)34-30(40)27(12-13-33)35-31(41)28-18-23-7-4-5-8-24(23)20-37(28)14-6-9-29(39)38-16-15-36(3)22(2)19-38/h4-5,7-8,10-11,17,22,27-28H,6,9,12-16,18-20,33H2,1-3H3,(H,34,40)(H,35,41)/t22-,27+,28+/m1/s1. The lowest BCUT2D eigenvalue weighted by molar-refractivity contribution is -0.134. The van der Waals surface area contributed by atoms with Gasteiger partial charge in [-0.05, 0) is 88.1 Å². The van der Waals surface area contributed by atoms with Crippen LogP contribution in [0.3, 0.4) is 0 Å². The lowest BCUT2D eigenvalue weighted by atomic mass is 9.93. The SMILES string of the molecule is Cc1cc(NC(=O)[C@H](CCN)NC(=O)[C@@H]2Cc3ccccc3CN2CCCC(=O)N2CCN(C)[C@H](C)C2)ccc1Cl. The van der Waals surface area contributed by atoms with Crippen molar-refractivity contribution in [2.75, 3.05) is 45.1 Å². The van der Waals surface area contributed by atoms with Crippen LogP contribution >= 0.6 is 11.6 Å². The van der Waals surface area contributed by atoms with Crippen LogP contribution in [0.25, 0.3) is 0 Å². The van der Waals surface area contributed by atoms with Crippen LogP contribution < -0.4 is 16.4 Å². The minimum atomic E-state index is -0.775. The number of carbonyl (C=O) groups excluding carboxylic acids is 3. The van der Waals surface area contributed by atoms with Gasteiger partial charge in [-0.3, -0.25) is 19.3 Å². The minimum absolute atomic E-state index is 0.167. The Labute approximate surface area is 248 Å². The Morgan fingerprint density at radius 1 is 1.12 bits per heavy atom. The smallest absolute Gasteiger partial charge is 0.246 e. The number of anilines is 1. The summed E-state index contributed by atoms with van der Waals surface area (Å²) in [6, 6.07) is 12.5. The molecule has 2 aromatic carbocycles. The van der Waals surface area contributed by atoms with E-state index in [1.54, 1.807) is 18.2 Å². The summed E-state index contributed by atoms with van der Waals surface area (Å²) >= 11 is 6.12. The summed E-state index contributed by atoms with van der Waals surface area (Å²) in [6.07, 6.45) is 1.96. The first-order valence-corrected chi connectivity index (χ1v) is 14.9. The number of amides is 3. The summed E-state index contributed by atoms with van der Waals surface area (Å²) in [5.74, 6) is -0.361. The van der Waals surface area contributed by atoms with Gasteiger partial charge in [0.2, 0.25) is 17.7 Å². The van der Waals surface area contributed by atoms with E-state index in [0.717, 1.165) is 30.8 Å². The number of fused-ring (bicyclic) bond motifs is 1. The first-order valence-electron chi connectivity index (χ1n) is 14.5. The van der Waals surface area contributed by atoms with Gasteiger partial charge >= 0.3 is 0 Å². The van der Waals surface area contributed by atoms with E-state index in [1.807, 2.05) is 24.0 Å². The third kappa shape index (κ3) is 8.07. The third-order valence-corrected chi connectivity index (χ3v) is 8.73. The van der Waals surface area contributed by atoms with Gasteiger partial charge in [-0.1, -0.05) is 35.9 Å². The van der Waals surface area contributed by atoms with Gasteiger partial charge in [-0.25, -0.2) is 0 Å². The van der Waals surface area contributed by atoms with Gasteiger partial charge in [0.25, 0.3) is 0 Å². The molecule has 1 fully saturated rings. The molecule has 2 heterocycles. The zero-order valence-electron chi connectivity index (χ0n) is 24.4. The number of benzene rings is 2. The highest BCUT2D eigenvalue weighted by atomic mass is 35.5. The molecule has 2 aromatic rings. The van der Waals surface area contributed by atoms with Crippen molar-refractivity contribution in [3.63, 3.8) is 0 Å². The molecule has 0 spiro atoms. The maximum atomic E-state index is 13.7. The molecule has 0 unspecified atom stereocenters. The largest absolute Gasteiger partial charge is 0.343 e. The Bertz CT molecular complexity index is 1240. The van der Waals surface area contributed by atoms with Gasteiger partial charge in [0, 0.05) is 49.4 Å². The molecule has 2 aliphatic rings. The van der Waals surface area contributed by atoms with Crippen molar-refractivity contribution in [3.8, 4) is 0 Å². The van der Waals surface area contributed by atoms with Gasteiger partial charge in [-0.2, -0.15) is 0 Å². The van der Waals surface area contributed by atoms with Gasteiger partial charge in [-0.15, -0.1) is 0 Å². The molecule has 4 rings (SSSR count). The molecule has 1 saturated heterocycles. The molecule has 9 nitrogen and oxygen atoms in total. The second-order valence-electron chi connectivity index (χ2n) is 11.3. The summed E-state index contributed by atoms with van der Waals surface area (Å²) in [7, 11) is 2.09. The van der Waals surface area contributed by atoms with Crippen molar-refractivity contribution < 1.29 is 14.4 Å². The predicted octanol–water partition coefficient (Wildman–Crippen LogP) is 2.79. The van der Waals surface area contributed by atoms with Crippen molar-refractivity contribution in [1.29, 1.82) is 0 Å².